The predicted octanol–water partition coefficient (Wildman–Crippen LogP) is 2.92. The number of nitrogens with one attached hydrogen (secondary N) is 1. The van der Waals surface area contributed by atoms with Crippen molar-refractivity contribution in [3.05, 3.63) is 41.3 Å². The lowest BCUT2D eigenvalue weighted by Gasteiger charge is -2.28. The predicted molar refractivity (Wildman–Crippen MR) is 97.4 cm³/mol. The molecule has 4 rings (SSSR count). The van der Waals surface area contributed by atoms with E-state index in [1.165, 1.54) is 12.8 Å². The van der Waals surface area contributed by atoms with Crippen molar-refractivity contribution in [3.63, 3.8) is 0 Å². The summed E-state index contributed by atoms with van der Waals surface area (Å²) in [6, 6.07) is 6.42. The highest BCUT2D eigenvalue weighted by atomic mass is 16.5. The number of nitrogens with zero attached hydrogens (tertiary/aromatic N) is 3. The number of rotatable bonds is 4. The van der Waals surface area contributed by atoms with Crippen LogP contribution in [0.5, 0.6) is 0 Å². The first-order valence-electron chi connectivity index (χ1n) is 8.92. The van der Waals surface area contributed by atoms with Crippen molar-refractivity contribution in [2.24, 2.45) is 0 Å². The summed E-state index contributed by atoms with van der Waals surface area (Å²) in [5.74, 6) is 0.491. The lowest BCUT2D eigenvalue weighted by atomic mass is 10.2. The van der Waals surface area contributed by atoms with Crippen molar-refractivity contribution in [1.29, 1.82) is 0 Å². The molecule has 1 saturated heterocycles. The van der Waals surface area contributed by atoms with E-state index in [4.69, 9.17) is 4.74 Å². The fourth-order valence-corrected chi connectivity index (χ4v) is 3.55. The molecule has 2 aliphatic rings. The normalized spacial score (nSPS) is 17.6. The van der Waals surface area contributed by atoms with Crippen LogP contribution in [0.2, 0.25) is 0 Å². The van der Waals surface area contributed by atoms with Crippen LogP contribution in [0, 0.1) is 13.8 Å². The summed E-state index contributed by atoms with van der Waals surface area (Å²) in [4.78, 5) is 19.3. The number of pyridine rings is 1. The fraction of sp³-hybridized carbons (Fsp3) is 0.474. The van der Waals surface area contributed by atoms with Crippen LogP contribution in [0.1, 0.15) is 40.6 Å². The number of aryl methyl sites for hydroxylation is 1. The third kappa shape index (κ3) is 3.26. The molecule has 1 amide bonds. The zero-order valence-electron chi connectivity index (χ0n) is 14.8. The van der Waals surface area contributed by atoms with Crippen LogP contribution in [0.4, 0.5) is 11.5 Å². The molecular weight excluding hydrogens is 316 g/mol. The lowest BCUT2D eigenvalue weighted by molar-refractivity contribution is 0.102. The standard InChI is InChI=1S/C19H24N4O2/c1-13-11-17(14(2)23(13)15-3-4-15)19(24)21-18-6-5-16(12-20-18)22-7-9-25-10-8-22/h5-6,11-12,15H,3-4,7-10H2,1-2H3,(H,20,21,24). The van der Waals surface area contributed by atoms with E-state index in [0.29, 0.717) is 11.9 Å². The SMILES string of the molecule is Cc1cc(C(=O)Nc2ccc(N3CCOCC3)cn2)c(C)n1C1CC1. The molecule has 0 bridgehead atoms. The number of amides is 1. The minimum Gasteiger partial charge on any atom is -0.378 e. The Morgan fingerprint density at radius 3 is 2.64 bits per heavy atom. The van der Waals surface area contributed by atoms with Crippen molar-refractivity contribution < 1.29 is 9.53 Å². The Kier molecular flexibility index (Phi) is 4.21. The van der Waals surface area contributed by atoms with Gasteiger partial charge in [0.15, 0.2) is 0 Å². The van der Waals surface area contributed by atoms with Crippen LogP contribution >= 0.6 is 0 Å². The molecule has 0 aromatic carbocycles. The second-order valence-electron chi connectivity index (χ2n) is 6.84. The maximum absolute atomic E-state index is 12.6. The minimum atomic E-state index is -0.0911. The van der Waals surface area contributed by atoms with E-state index in [1.807, 2.05) is 31.3 Å². The quantitative estimate of drug-likeness (QED) is 0.930. The lowest BCUT2D eigenvalue weighted by Crippen LogP contribution is -2.36. The molecule has 132 valence electrons. The molecule has 1 aliphatic heterocycles. The van der Waals surface area contributed by atoms with Gasteiger partial charge in [0.1, 0.15) is 5.82 Å². The maximum atomic E-state index is 12.6. The molecule has 3 heterocycles. The van der Waals surface area contributed by atoms with E-state index >= 15 is 0 Å². The summed E-state index contributed by atoms with van der Waals surface area (Å²) < 4.78 is 7.65. The van der Waals surface area contributed by atoms with Crippen molar-refractivity contribution in [2.75, 3.05) is 36.5 Å². The first-order valence-corrected chi connectivity index (χ1v) is 8.92. The summed E-state index contributed by atoms with van der Waals surface area (Å²) >= 11 is 0. The van der Waals surface area contributed by atoms with E-state index in [9.17, 15) is 4.79 Å². The zero-order chi connectivity index (χ0) is 17.4. The van der Waals surface area contributed by atoms with Gasteiger partial charge in [0.05, 0.1) is 30.7 Å². The third-order valence-corrected chi connectivity index (χ3v) is 5.01. The first kappa shape index (κ1) is 16.1. The number of hydrogen-bond acceptors (Lipinski definition) is 4. The van der Waals surface area contributed by atoms with Crippen molar-refractivity contribution in [1.82, 2.24) is 9.55 Å². The van der Waals surface area contributed by atoms with Gasteiger partial charge in [0.2, 0.25) is 0 Å². The molecule has 6 heteroatoms. The first-order chi connectivity index (χ1) is 12.1. The summed E-state index contributed by atoms with van der Waals surface area (Å²) in [7, 11) is 0. The Morgan fingerprint density at radius 1 is 1.24 bits per heavy atom. The van der Waals surface area contributed by atoms with E-state index in [-0.39, 0.29) is 5.91 Å². The number of carbonyl (C=O) groups is 1. The molecule has 1 N–H and O–H groups in total. The molecule has 1 saturated carbocycles. The van der Waals surface area contributed by atoms with Crippen molar-refractivity contribution >= 4 is 17.4 Å². The van der Waals surface area contributed by atoms with Crippen LogP contribution in [-0.4, -0.2) is 41.8 Å². The molecule has 0 radical (unpaired) electrons. The van der Waals surface area contributed by atoms with Gasteiger partial charge in [-0.2, -0.15) is 0 Å². The van der Waals surface area contributed by atoms with Gasteiger partial charge in [-0.3, -0.25) is 4.79 Å². The largest absolute Gasteiger partial charge is 0.378 e. The van der Waals surface area contributed by atoms with Crippen molar-refractivity contribution in [3.8, 4) is 0 Å². The van der Waals surface area contributed by atoms with Crippen LogP contribution in [0.3, 0.4) is 0 Å². The van der Waals surface area contributed by atoms with Gasteiger partial charge in [0.25, 0.3) is 5.91 Å². The smallest absolute Gasteiger partial charge is 0.258 e. The van der Waals surface area contributed by atoms with Gasteiger partial charge in [-0.15, -0.1) is 0 Å². The third-order valence-electron chi connectivity index (χ3n) is 5.01. The van der Waals surface area contributed by atoms with E-state index in [2.05, 4.69) is 26.7 Å². The van der Waals surface area contributed by atoms with Gasteiger partial charge in [-0.1, -0.05) is 0 Å². The Bertz CT molecular complexity index is 771. The second-order valence-corrected chi connectivity index (χ2v) is 6.84. The Labute approximate surface area is 147 Å². The highest BCUT2D eigenvalue weighted by Gasteiger charge is 2.28. The molecule has 2 aromatic heterocycles. The highest BCUT2D eigenvalue weighted by Crippen LogP contribution is 2.38. The monoisotopic (exact) mass is 340 g/mol. The number of aromatic nitrogens is 2. The molecule has 2 fully saturated rings. The maximum Gasteiger partial charge on any atom is 0.258 e. The molecular formula is C19H24N4O2. The van der Waals surface area contributed by atoms with Gasteiger partial charge in [0, 0.05) is 30.5 Å². The summed E-state index contributed by atoms with van der Waals surface area (Å²) in [5.41, 5.74) is 4.00. The summed E-state index contributed by atoms with van der Waals surface area (Å²) in [6.07, 6.45) is 4.23. The Morgan fingerprint density at radius 2 is 2.00 bits per heavy atom. The van der Waals surface area contributed by atoms with Gasteiger partial charge < -0.3 is 19.5 Å². The van der Waals surface area contributed by atoms with Crippen LogP contribution in [-0.2, 0) is 4.74 Å². The number of morpholine rings is 1. The van der Waals surface area contributed by atoms with Gasteiger partial charge in [-0.25, -0.2) is 4.98 Å². The molecule has 25 heavy (non-hydrogen) atoms. The topological polar surface area (TPSA) is 59.4 Å². The van der Waals surface area contributed by atoms with Gasteiger partial charge >= 0.3 is 0 Å². The summed E-state index contributed by atoms with van der Waals surface area (Å²) in [6.45, 7) is 7.33. The van der Waals surface area contributed by atoms with Gasteiger partial charge in [-0.05, 0) is 44.9 Å². The molecule has 1 aliphatic carbocycles. The zero-order valence-corrected chi connectivity index (χ0v) is 14.8. The number of anilines is 2. The molecule has 0 atom stereocenters. The van der Waals surface area contributed by atoms with Crippen LogP contribution < -0.4 is 10.2 Å². The molecule has 0 unspecified atom stereocenters. The highest BCUT2D eigenvalue weighted by molar-refractivity contribution is 6.04. The van der Waals surface area contributed by atoms with Crippen LogP contribution in [0.25, 0.3) is 0 Å². The number of ether oxygens (including phenoxy) is 1. The summed E-state index contributed by atoms with van der Waals surface area (Å²) in [5, 5.41) is 2.92. The molecule has 6 nitrogen and oxygen atoms in total. The second kappa shape index (κ2) is 6.52. The molecule has 0 spiro atoms. The van der Waals surface area contributed by atoms with E-state index < -0.39 is 0 Å². The average molecular weight is 340 g/mol. The number of hydrogen-bond donors (Lipinski definition) is 1. The van der Waals surface area contributed by atoms with Crippen molar-refractivity contribution in [2.45, 2.75) is 32.7 Å². The number of carbonyl (C=O) groups excluding carboxylic acids is 1. The van der Waals surface area contributed by atoms with E-state index in [0.717, 1.165) is 48.9 Å². The van der Waals surface area contributed by atoms with E-state index in [1.54, 1.807) is 0 Å². The minimum absolute atomic E-state index is 0.0911. The fourth-order valence-electron chi connectivity index (χ4n) is 3.55. The van der Waals surface area contributed by atoms with Crippen LogP contribution in [0.15, 0.2) is 24.4 Å². The molecule has 2 aromatic rings. The Balaban J connectivity index is 1.46. The Hall–Kier alpha value is -2.34. The average Bonchev–Trinajstić information content (AvgIpc) is 3.41.